The van der Waals surface area contributed by atoms with Gasteiger partial charge in [-0.2, -0.15) is 11.8 Å². The lowest BCUT2D eigenvalue weighted by Crippen LogP contribution is -2.25. The van der Waals surface area contributed by atoms with Gasteiger partial charge in [0.15, 0.2) is 0 Å². The van der Waals surface area contributed by atoms with E-state index in [-0.39, 0.29) is 0 Å². The first-order chi connectivity index (χ1) is 9.67. The van der Waals surface area contributed by atoms with Crippen molar-refractivity contribution in [3.05, 3.63) is 35.4 Å². The SMILES string of the molecule is CCCNC(CSCCN(C)C)c1ccc(CC)cc1. The van der Waals surface area contributed by atoms with Crippen molar-refractivity contribution in [3.8, 4) is 0 Å². The van der Waals surface area contributed by atoms with Gasteiger partial charge < -0.3 is 10.2 Å². The standard InChI is InChI=1S/C17H30N2S/c1-5-11-18-17(14-20-13-12-19(3)4)16-9-7-15(6-2)8-10-16/h7-10,17-18H,5-6,11-14H2,1-4H3. The number of nitrogens with zero attached hydrogens (tertiary/aromatic N) is 1. The summed E-state index contributed by atoms with van der Waals surface area (Å²) in [5.74, 6) is 2.35. The number of thioether (sulfide) groups is 1. The molecular formula is C17H30N2S. The van der Waals surface area contributed by atoms with Crippen LogP contribution >= 0.6 is 11.8 Å². The first kappa shape index (κ1) is 17.5. The summed E-state index contributed by atoms with van der Waals surface area (Å²) in [5, 5.41) is 3.68. The van der Waals surface area contributed by atoms with Gasteiger partial charge in [-0.05, 0) is 44.6 Å². The molecule has 1 aromatic rings. The highest BCUT2D eigenvalue weighted by Crippen LogP contribution is 2.19. The first-order valence-electron chi connectivity index (χ1n) is 7.72. The van der Waals surface area contributed by atoms with Gasteiger partial charge in [0.2, 0.25) is 0 Å². The van der Waals surface area contributed by atoms with Gasteiger partial charge in [0, 0.05) is 24.1 Å². The summed E-state index contributed by atoms with van der Waals surface area (Å²) in [6, 6.07) is 9.59. The Labute approximate surface area is 129 Å². The number of benzene rings is 1. The summed E-state index contributed by atoms with van der Waals surface area (Å²) in [6.45, 7) is 6.68. The van der Waals surface area contributed by atoms with E-state index in [1.165, 1.54) is 23.3 Å². The van der Waals surface area contributed by atoms with Gasteiger partial charge >= 0.3 is 0 Å². The van der Waals surface area contributed by atoms with Crippen molar-refractivity contribution in [1.82, 2.24) is 10.2 Å². The first-order valence-corrected chi connectivity index (χ1v) is 8.87. The summed E-state index contributed by atoms with van der Waals surface area (Å²) in [7, 11) is 4.27. The zero-order valence-corrected chi connectivity index (χ0v) is 14.3. The average molecular weight is 295 g/mol. The molecule has 0 saturated carbocycles. The van der Waals surface area contributed by atoms with Gasteiger partial charge in [0.25, 0.3) is 0 Å². The minimum atomic E-state index is 0.480. The van der Waals surface area contributed by atoms with Crippen molar-refractivity contribution >= 4 is 11.8 Å². The largest absolute Gasteiger partial charge is 0.309 e. The van der Waals surface area contributed by atoms with E-state index in [9.17, 15) is 0 Å². The summed E-state index contributed by atoms with van der Waals surface area (Å²) >= 11 is 2.04. The fraction of sp³-hybridized carbons (Fsp3) is 0.647. The molecule has 0 radical (unpaired) electrons. The van der Waals surface area contributed by atoms with Crippen LogP contribution < -0.4 is 5.32 Å². The van der Waals surface area contributed by atoms with E-state index in [4.69, 9.17) is 0 Å². The molecule has 0 saturated heterocycles. The van der Waals surface area contributed by atoms with Crippen molar-refractivity contribution in [2.24, 2.45) is 0 Å². The molecule has 0 spiro atoms. The van der Waals surface area contributed by atoms with Crippen LogP contribution in [0.1, 0.15) is 37.4 Å². The molecule has 1 unspecified atom stereocenters. The molecule has 0 fully saturated rings. The van der Waals surface area contributed by atoms with Crippen molar-refractivity contribution in [2.75, 3.05) is 38.7 Å². The number of hydrogen-bond donors (Lipinski definition) is 1. The highest BCUT2D eigenvalue weighted by molar-refractivity contribution is 7.99. The molecule has 0 aliphatic heterocycles. The van der Waals surface area contributed by atoms with Gasteiger partial charge in [-0.1, -0.05) is 38.1 Å². The minimum absolute atomic E-state index is 0.480. The summed E-state index contributed by atoms with van der Waals surface area (Å²) in [6.07, 6.45) is 2.30. The molecule has 1 N–H and O–H groups in total. The number of aryl methyl sites for hydroxylation is 1. The Morgan fingerprint density at radius 3 is 2.40 bits per heavy atom. The van der Waals surface area contributed by atoms with E-state index < -0.39 is 0 Å². The predicted octanol–water partition coefficient (Wildman–Crippen LogP) is 3.58. The second-order valence-electron chi connectivity index (χ2n) is 5.48. The summed E-state index contributed by atoms with van der Waals surface area (Å²) in [4.78, 5) is 2.25. The van der Waals surface area contributed by atoms with E-state index in [0.717, 1.165) is 25.3 Å². The fourth-order valence-corrected chi connectivity index (χ4v) is 3.23. The molecule has 0 aliphatic carbocycles. The fourth-order valence-electron chi connectivity index (χ4n) is 2.03. The van der Waals surface area contributed by atoms with Crippen molar-refractivity contribution in [1.29, 1.82) is 0 Å². The van der Waals surface area contributed by atoms with Crippen LogP contribution in [0.3, 0.4) is 0 Å². The van der Waals surface area contributed by atoms with E-state index in [2.05, 4.69) is 62.4 Å². The van der Waals surface area contributed by atoms with Crippen LogP contribution in [0.15, 0.2) is 24.3 Å². The molecule has 0 aromatic heterocycles. The zero-order valence-electron chi connectivity index (χ0n) is 13.5. The van der Waals surface area contributed by atoms with Crippen LogP contribution in [-0.2, 0) is 6.42 Å². The second-order valence-corrected chi connectivity index (χ2v) is 6.63. The van der Waals surface area contributed by atoms with E-state index >= 15 is 0 Å². The molecule has 114 valence electrons. The normalized spacial score (nSPS) is 12.8. The Bertz CT molecular complexity index is 349. The molecule has 1 aromatic carbocycles. The quantitative estimate of drug-likeness (QED) is 0.664. The number of nitrogens with one attached hydrogen (secondary N) is 1. The van der Waals surface area contributed by atoms with Gasteiger partial charge in [0.05, 0.1) is 0 Å². The maximum Gasteiger partial charge on any atom is 0.0411 e. The third kappa shape index (κ3) is 6.78. The highest BCUT2D eigenvalue weighted by Gasteiger charge is 2.10. The van der Waals surface area contributed by atoms with Gasteiger partial charge in [-0.3, -0.25) is 0 Å². The molecule has 2 nitrogen and oxygen atoms in total. The third-order valence-corrected chi connectivity index (χ3v) is 4.44. The number of rotatable bonds is 10. The molecule has 0 bridgehead atoms. The smallest absolute Gasteiger partial charge is 0.0411 e. The molecule has 20 heavy (non-hydrogen) atoms. The monoisotopic (exact) mass is 294 g/mol. The number of hydrogen-bond acceptors (Lipinski definition) is 3. The van der Waals surface area contributed by atoms with Crippen LogP contribution in [0.4, 0.5) is 0 Å². The van der Waals surface area contributed by atoms with E-state index in [1.54, 1.807) is 0 Å². The molecule has 3 heteroatoms. The Morgan fingerprint density at radius 2 is 1.85 bits per heavy atom. The minimum Gasteiger partial charge on any atom is -0.309 e. The van der Waals surface area contributed by atoms with Crippen LogP contribution in [0.2, 0.25) is 0 Å². The van der Waals surface area contributed by atoms with Crippen LogP contribution in [-0.4, -0.2) is 43.6 Å². The van der Waals surface area contributed by atoms with Gasteiger partial charge in [0.1, 0.15) is 0 Å². The van der Waals surface area contributed by atoms with Gasteiger partial charge in [-0.15, -0.1) is 0 Å². The molecular weight excluding hydrogens is 264 g/mol. The topological polar surface area (TPSA) is 15.3 Å². The third-order valence-electron chi connectivity index (χ3n) is 3.40. The van der Waals surface area contributed by atoms with Crippen molar-refractivity contribution in [2.45, 2.75) is 32.7 Å². The van der Waals surface area contributed by atoms with Crippen molar-refractivity contribution < 1.29 is 0 Å². The Kier molecular flexibility index (Phi) is 8.99. The highest BCUT2D eigenvalue weighted by atomic mass is 32.2. The lowest BCUT2D eigenvalue weighted by atomic mass is 10.0. The molecule has 1 atom stereocenters. The maximum absolute atomic E-state index is 3.68. The second kappa shape index (κ2) is 10.3. The molecule has 0 amide bonds. The summed E-state index contributed by atoms with van der Waals surface area (Å²) in [5.41, 5.74) is 2.84. The molecule has 1 rings (SSSR count). The Morgan fingerprint density at radius 1 is 1.15 bits per heavy atom. The maximum atomic E-state index is 3.68. The Balaban J connectivity index is 2.53. The zero-order chi connectivity index (χ0) is 14.8. The molecule has 0 aliphatic rings. The molecule has 0 heterocycles. The van der Waals surface area contributed by atoms with Gasteiger partial charge in [-0.25, -0.2) is 0 Å². The lowest BCUT2D eigenvalue weighted by Gasteiger charge is -2.19. The van der Waals surface area contributed by atoms with E-state index in [0.29, 0.717) is 6.04 Å². The van der Waals surface area contributed by atoms with Crippen LogP contribution in [0.5, 0.6) is 0 Å². The van der Waals surface area contributed by atoms with E-state index in [1.807, 2.05) is 11.8 Å². The Hall–Kier alpha value is -0.510. The van der Waals surface area contributed by atoms with Crippen LogP contribution in [0, 0.1) is 0 Å². The average Bonchev–Trinajstić information content (AvgIpc) is 2.46. The van der Waals surface area contributed by atoms with Crippen molar-refractivity contribution in [3.63, 3.8) is 0 Å². The summed E-state index contributed by atoms with van der Waals surface area (Å²) < 4.78 is 0. The van der Waals surface area contributed by atoms with Crippen LogP contribution in [0.25, 0.3) is 0 Å². The lowest BCUT2D eigenvalue weighted by molar-refractivity contribution is 0.437. The predicted molar refractivity (Wildman–Crippen MR) is 92.7 cm³/mol.